The van der Waals surface area contributed by atoms with Gasteiger partial charge in [0, 0.05) is 11.1 Å². The molecule has 48 heavy (non-hydrogen) atoms. The highest BCUT2D eigenvalue weighted by atomic mass is 14.5. The zero-order valence-corrected chi connectivity index (χ0v) is 27.3. The van der Waals surface area contributed by atoms with E-state index >= 15 is 0 Å². The molecule has 0 radical (unpaired) electrons. The largest absolute Gasteiger partial charge is 0.399 e. The van der Waals surface area contributed by atoms with Crippen LogP contribution in [-0.2, 0) is 5.41 Å². The maximum atomic E-state index is 6.05. The van der Waals surface area contributed by atoms with Crippen LogP contribution in [0, 0.1) is 0 Å². The van der Waals surface area contributed by atoms with Crippen molar-refractivity contribution in [2.45, 2.75) is 32.1 Å². The molecule has 0 saturated heterocycles. The van der Waals surface area contributed by atoms with Crippen LogP contribution in [0.5, 0.6) is 0 Å². The van der Waals surface area contributed by atoms with Crippen LogP contribution in [0.4, 0.5) is 5.69 Å². The van der Waals surface area contributed by atoms with Gasteiger partial charge in [-0.05, 0) is 131 Å². The Balaban J connectivity index is 1.31. The van der Waals surface area contributed by atoms with Crippen molar-refractivity contribution in [3.05, 3.63) is 162 Å². The highest BCUT2D eigenvalue weighted by Crippen LogP contribution is 2.62. The van der Waals surface area contributed by atoms with Gasteiger partial charge in [-0.25, -0.2) is 0 Å². The molecule has 0 atom stereocenters. The Morgan fingerprint density at radius 1 is 0.500 bits per heavy atom. The van der Waals surface area contributed by atoms with Crippen LogP contribution >= 0.6 is 0 Å². The van der Waals surface area contributed by atoms with Crippen molar-refractivity contribution in [2.24, 2.45) is 0 Å². The van der Waals surface area contributed by atoms with Crippen LogP contribution in [0.3, 0.4) is 0 Å². The molecule has 1 nitrogen and oxygen atoms in total. The number of hydrogen-bond donors (Lipinski definition) is 1. The summed E-state index contributed by atoms with van der Waals surface area (Å²) >= 11 is 0. The first-order valence-electron chi connectivity index (χ1n) is 17.1. The number of nitrogen functional groups attached to an aromatic ring is 1. The van der Waals surface area contributed by atoms with Gasteiger partial charge in [0.15, 0.2) is 0 Å². The molecule has 0 fully saturated rings. The lowest BCUT2D eigenvalue weighted by molar-refractivity contribution is 0.653. The summed E-state index contributed by atoms with van der Waals surface area (Å²) in [7, 11) is 0. The van der Waals surface area contributed by atoms with Gasteiger partial charge in [-0.3, -0.25) is 0 Å². The van der Waals surface area contributed by atoms with Gasteiger partial charge in [-0.2, -0.15) is 0 Å². The number of nitrogens with two attached hydrogens (primary N) is 1. The lowest BCUT2D eigenvalue weighted by Gasteiger charge is -2.26. The fourth-order valence-electron chi connectivity index (χ4n) is 9.11. The minimum absolute atomic E-state index is 0.125. The van der Waals surface area contributed by atoms with Crippen LogP contribution < -0.4 is 5.73 Å². The lowest BCUT2D eigenvalue weighted by Crippen LogP contribution is -2.17. The molecule has 0 saturated carbocycles. The molecule has 0 bridgehead atoms. The van der Waals surface area contributed by atoms with E-state index in [2.05, 4.69) is 141 Å². The molecule has 0 spiro atoms. The van der Waals surface area contributed by atoms with Gasteiger partial charge in [0.05, 0.1) is 0 Å². The van der Waals surface area contributed by atoms with E-state index in [-0.39, 0.29) is 5.41 Å². The second-order valence-corrected chi connectivity index (χ2v) is 14.2. The molecule has 1 heteroatoms. The predicted octanol–water partition coefficient (Wildman–Crippen LogP) is 12.5. The third-order valence-corrected chi connectivity index (χ3v) is 11.3. The summed E-state index contributed by atoms with van der Waals surface area (Å²) < 4.78 is 0. The van der Waals surface area contributed by atoms with Crippen molar-refractivity contribution in [1.82, 2.24) is 0 Å². The number of hydrogen-bond acceptors (Lipinski definition) is 1. The van der Waals surface area contributed by atoms with Crippen LogP contribution in [-0.4, -0.2) is 0 Å². The first kappa shape index (κ1) is 27.5. The minimum Gasteiger partial charge on any atom is -0.399 e. The van der Waals surface area contributed by atoms with Crippen molar-refractivity contribution in [1.29, 1.82) is 0 Å². The molecule has 0 aliphatic heterocycles. The van der Waals surface area contributed by atoms with Gasteiger partial charge in [0.2, 0.25) is 0 Å². The summed E-state index contributed by atoms with van der Waals surface area (Å²) in [5.41, 5.74) is 26.0. The van der Waals surface area contributed by atoms with Crippen LogP contribution in [0.25, 0.3) is 77.2 Å². The highest BCUT2D eigenvalue weighted by molar-refractivity contribution is 6.29. The zero-order chi connectivity index (χ0) is 32.1. The van der Waals surface area contributed by atoms with Crippen molar-refractivity contribution in [2.75, 3.05) is 5.73 Å². The van der Waals surface area contributed by atoms with Gasteiger partial charge in [-0.1, -0.05) is 135 Å². The Labute approximate surface area is 281 Å². The standard InChI is InChI=1S/C47H35N/c1-47(2)39-26-31(28-20-23-32(48)24-21-28)22-25-35(39)44-36-18-11-19-37-43(36)38(27-40(44)47)46-42(30-14-7-4-8-15-30)34-17-10-9-16-33(34)41(45(37)46)29-12-5-3-6-13-29/h3-21,23-24,26-27H,22,25,48H2,1-2H3. The topological polar surface area (TPSA) is 26.0 Å². The molecular weight excluding hydrogens is 579 g/mol. The second kappa shape index (κ2) is 9.92. The van der Waals surface area contributed by atoms with E-state index in [1.165, 1.54) is 99.5 Å². The minimum atomic E-state index is -0.125. The summed E-state index contributed by atoms with van der Waals surface area (Å²) in [6.45, 7) is 4.87. The van der Waals surface area contributed by atoms with Crippen LogP contribution in [0.1, 0.15) is 43.4 Å². The van der Waals surface area contributed by atoms with Gasteiger partial charge in [0.1, 0.15) is 0 Å². The quantitative estimate of drug-likeness (QED) is 0.197. The van der Waals surface area contributed by atoms with E-state index in [4.69, 9.17) is 5.73 Å². The molecule has 0 heterocycles. The summed E-state index contributed by atoms with van der Waals surface area (Å²) in [5, 5.41) is 5.39. The zero-order valence-electron chi connectivity index (χ0n) is 27.3. The Morgan fingerprint density at radius 2 is 1.08 bits per heavy atom. The van der Waals surface area contributed by atoms with Crippen LogP contribution in [0.2, 0.25) is 0 Å². The molecule has 228 valence electrons. The molecule has 3 aliphatic carbocycles. The van der Waals surface area contributed by atoms with Crippen molar-refractivity contribution < 1.29 is 0 Å². The molecule has 3 aliphatic rings. The van der Waals surface area contributed by atoms with E-state index in [0.717, 1.165) is 18.5 Å². The fraction of sp³-hybridized carbons (Fsp3) is 0.106. The third kappa shape index (κ3) is 3.67. The molecule has 10 rings (SSSR count). The Morgan fingerprint density at radius 3 is 1.73 bits per heavy atom. The maximum Gasteiger partial charge on any atom is 0.0314 e. The summed E-state index contributed by atoms with van der Waals surface area (Å²) in [6, 6.07) is 49.1. The third-order valence-electron chi connectivity index (χ3n) is 11.3. The Kier molecular flexibility index (Phi) is 5.67. The van der Waals surface area contributed by atoms with Crippen LogP contribution in [0.15, 0.2) is 145 Å². The molecule has 7 aromatic carbocycles. The molecule has 0 amide bonds. The lowest BCUT2D eigenvalue weighted by atomic mass is 9.77. The first-order valence-corrected chi connectivity index (χ1v) is 17.1. The number of rotatable bonds is 3. The highest BCUT2D eigenvalue weighted by Gasteiger charge is 2.42. The van der Waals surface area contributed by atoms with Gasteiger partial charge >= 0.3 is 0 Å². The van der Waals surface area contributed by atoms with E-state index in [1.807, 2.05) is 12.1 Å². The predicted molar refractivity (Wildman–Crippen MR) is 205 cm³/mol. The number of allylic oxidation sites excluding steroid dienone is 4. The normalized spacial score (nSPS) is 15.4. The number of fused-ring (bicyclic) bond motifs is 7. The van der Waals surface area contributed by atoms with Crippen molar-refractivity contribution >= 4 is 38.4 Å². The van der Waals surface area contributed by atoms with E-state index in [0.29, 0.717) is 0 Å². The smallest absolute Gasteiger partial charge is 0.0314 e. The van der Waals surface area contributed by atoms with E-state index in [1.54, 1.807) is 0 Å². The Hall–Kier alpha value is -5.66. The number of anilines is 1. The molecule has 0 aromatic heterocycles. The van der Waals surface area contributed by atoms with Gasteiger partial charge < -0.3 is 5.73 Å². The summed E-state index contributed by atoms with van der Waals surface area (Å²) in [4.78, 5) is 0. The van der Waals surface area contributed by atoms with E-state index < -0.39 is 0 Å². The molecule has 2 N–H and O–H groups in total. The maximum absolute atomic E-state index is 6.05. The second-order valence-electron chi connectivity index (χ2n) is 14.2. The summed E-state index contributed by atoms with van der Waals surface area (Å²) in [5.74, 6) is 0. The van der Waals surface area contributed by atoms with Crippen molar-refractivity contribution in [3.63, 3.8) is 0 Å². The Bertz CT molecular complexity index is 2550. The first-order chi connectivity index (χ1) is 23.5. The molecular formula is C47H35N. The molecule has 0 unspecified atom stereocenters. The number of benzene rings is 7. The average Bonchev–Trinajstić information content (AvgIpc) is 3.57. The SMILES string of the molecule is CC1(C)C2=C(CCC(c3ccc(N)cc3)=C2)c2c1cc1c3c(cccc23)-c2c-1c(-c1ccccc1)c1ccccc1c2-c1ccccc1. The van der Waals surface area contributed by atoms with Crippen molar-refractivity contribution in [3.8, 4) is 44.5 Å². The van der Waals surface area contributed by atoms with Gasteiger partial charge in [-0.15, -0.1) is 0 Å². The average molecular weight is 614 g/mol. The monoisotopic (exact) mass is 613 g/mol. The molecule has 7 aromatic rings. The fourth-order valence-corrected chi connectivity index (χ4v) is 9.11. The van der Waals surface area contributed by atoms with E-state index in [9.17, 15) is 0 Å². The van der Waals surface area contributed by atoms with Gasteiger partial charge in [0.25, 0.3) is 0 Å². The summed E-state index contributed by atoms with van der Waals surface area (Å²) in [6.07, 6.45) is 4.57.